The molecular formula is C11H18N5Na4O13P3S+4. The summed E-state index contributed by atoms with van der Waals surface area (Å²) < 4.78 is 52.2. The first-order chi connectivity index (χ1) is 15.1. The summed E-state index contributed by atoms with van der Waals surface area (Å²) in [6.45, 7) is -0.960. The SMILES string of the molecule is CSc1nc(N)c2ncn([C@@H]3O[C@H](COP(=O)(O)OP(=O)(O)OP(=O)(O)O)[C@@H](O)[C@H]3O)c2n1.[Na+].[Na+].[Na+].[Na+]. The number of hydrogen-bond donors (Lipinski definition) is 7. The molecule has 18 nitrogen and oxygen atoms in total. The maximum Gasteiger partial charge on any atom is 1.00 e. The number of ether oxygens (including phenoxy) is 1. The van der Waals surface area contributed by atoms with Gasteiger partial charge < -0.3 is 40.3 Å². The number of nitrogen functional groups attached to an aromatic ring is 1. The largest absolute Gasteiger partial charge is 1.00 e. The second-order valence-corrected chi connectivity index (χ2v) is 11.5. The van der Waals surface area contributed by atoms with Gasteiger partial charge in [0.15, 0.2) is 22.8 Å². The van der Waals surface area contributed by atoms with Crippen molar-refractivity contribution in [2.75, 3.05) is 18.6 Å². The Morgan fingerprint density at radius 2 is 1.62 bits per heavy atom. The Hall–Kier alpha value is 2.99. The number of aliphatic hydroxyl groups is 2. The summed E-state index contributed by atoms with van der Waals surface area (Å²) in [5.41, 5.74) is 6.18. The second kappa shape index (κ2) is 16.7. The molecule has 0 aromatic carbocycles. The van der Waals surface area contributed by atoms with E-state index in [2.05, 4.69) is 28.1 Å². The quantitative estimate of drug-likeness (QED) is 0.0577. The van der Waals surface area contributed by atoms with Gasteiger partial charge in [-0.15, -0.1) is 0 Å². The molecule has 37 heavy (non-hydrogen) atoms. The molecule has 1 aliphatic rings. The van der Waals surface area contributed by atoms with Crippen LogP contribution in [0.15, 0.2) is 11.5 Å². The van der Waals surface area contributed by atoms with Crippen LogP contribution in [0.1, 0.15) is 6.23 Å². The van der Waals surface area contributed by atoms with E-state index in [0.717, 1.165) is 0 Å². The number of imidazole rings is 1. The van der Waals surface area contributed by atoms with E-state index in [0.29, 0.717) is 5.16 Å². The summed E-state index contributed by atoms with van der Waals surface area (Å²) in [4.78, 5) is 48.0. The van der Waals surface area contributed by atoms with Crippen LogP contribution < -0.4 is 124 Å². The normalized spacial score (nSPS) is 24.5. The van der Waals surface area contributed by atoms with Crippen molar-refractivity contribution in [3.05, 3.63) is 6.33 Å². The summed E-state index contributed by atoms with van der Waals surface area (Å²) in [6.07, 6.45) is -3.14. The number of hydrogen-bond acceptors (Lipinski definition) is 14. The number of aromatic nitrogens is 4. The molecule has 3 rings (SSSR count). The maximum absolute atomic E-state index is 11.9. The first kappa shape index (κ1) is 42.1. The molecule has 0 aliphatic carbocycles. The summed E-state index contributed by atoms with van der Waals surface area (Å²) in [6, 6.07) is 0. The van der Waals surface area contributed by atoms with Crippen LogP contribution in [0.25, 0.3) is 11.2 Å². The molecule has 0 bridgehead atoms. The van der Waals surface area contributed by atoms with Crippen molar-refractivity contribution in [3.8, 4) is 0 Å². The Bertz CT molecular complexity index is 1190. The predicted octanol–water partition coefficient (Wildman–Crippen LogP) is -12.9. The summed E-state index contributed by atoms with van der Waals surface area (Å²) in [5, 5.41) is 20.9. The molecule has 1 aliphatic heterocycles. The fourth-order valence-electron chi connectivity index (χ4n) is 2.76. The number of phosphoric ester groups is 1. The molecule has 0 amide bonds. The monoisotopic (exact) mass is 645 g/mol. The Balaban J connectivity index is 0. The molecule has 1 fully saturated rings. The number of thioether (sulfide) groups is 1. The van der Waals surface area contributed by atoms with E-state index in [1.165, 1.54) is 22.7 Å². The Labute approximate surface area is 301 Å². The van der Waals surface area contributed by atoms with E-state index in [1.54, 1.807) is 6.26 Å². The number of fused-ring (bicyclic) bond motifs is 1. The van der Waals surface area contributed by atoms with Crippen LogP contribution in [0.4, 0.5) is 5.82 Å². The minimum atomic E-state index is -5.71. The van der Waals surface area contributed by atoms with Crippen LogP contribution in [-0.4, -0.2) is 80.5 Å². The second-order valence-electron chi connectivity index (χ2n) is 6.35. The molecule has 0 radical (unpaired) electrons. The van der Waals surface area contributed by atoms with E-state index >= 15 is 0 Å². The molecule has 6 atom stereocenters. The molecule has 186 valence electrons. The van der Waals surface area contributed by atoms with Crippen LogP contribution in [0.5, 0.6) is 0 Å². The van der Waals surface area contributed by atoms with Crippen LogP contribution in [0, 0.1) is 0 Å². The van der Waals surface area contributed by atoms with Crippen LogP contribution in [-0.2, 0) is 31.6 Å². The van der Waals surface area contributed by atoms with Gasteiger partial charge >= 0.3 is 142 Å². The minimum absolute atomic E-state index is 0. The molecule has 8 N–H and O–H groups in total. The zero-order valence-electron chi connectivity index (χ0n) is 20.3. The third-order valence-corrected chi connectivity index (χ3v) is 8.39. The molecule has 3 heterocycles. The van der Waals surface area contributed by atoms with Crippen molar-refractivity contribution >= 4 is 52.2 Å². The van der Waals surface area contributed by atoms with Gasteiger partial charge in [0.25, 0.3) is 0 Å². The molecule has 2 unspecified atom stereocenters. The van der Waals surface area contributed by atoms with Gasteiger partial charge in [-0.1, -0.05) is 11.8 Å². The molecule has 0 spiro atoms. The molecule has 26 heteroatoms. The van der Waals surface area contributed by atoms with Gasteiger partial charge in [-0.3, -0.25) is 9.09 Å². The van der Waals surface area contributed by atoms with Crippen molar-refractivity contribution in [2.45, 2.75) is 29.7 Å². The third-order valence-electron chi connectivity index (χ3n) is 4.04. The summed E-state index contributed by atoms with van der Waals surface area (Å²) in [7, 11) is -16.7. The Morgan fingerprint density at radius 1 is 1.03 bits per heavy atom. The number of nitrogens with zero attached hydrogens (tertiary/aromatic N) is 4. The van der Waals surface area contributed by atoms with Gasteiger partial charge in [0.2, 0.25) is 0 Å². The van der Waals surface area contributed by atoms with E-state index in [-0.39, 0.29) is 135 Å². The standard InChI is InChI=1S/C11H18N5O13P3S.4Na/c1-33-11-14-8(12)5-9(15-11)16(3-13-5)10-7(18)6(17)4(27-10)2-26-31(22,23)29-32(24,25)28-30(19,20)21;;;;/h3-4,6-7,10,17-18H,2H2,1H3,(H,22,23)(H,24,25)(H2,12,14,15)(H2,19,20,21);;;;/q;4*+1/t4-,6-,7-,10-;;;;/m1..../s1. The maximum atomic E-state index is 11.9. The number of anilines is 1. The number of phosphoric acid groups is 3. The summed E-state index contributed by atoms with van der Waals surface area (Å²) in [5.74, 6) is 0.0559. The number of nitrogens with two attached hydrogens (primary N) is 1. The van der Waals surface area contributed by atoms with E-state index in [9.17, 15) is 28.8 Å². The van der Waals surface area contributed by atoms with Gasteiger partial charge in [-0.05, 0) is 6.26 Å². The van der Waals surface area contributed by atoms with E-state index < -0.39 is 54.6 Å². The number of aliphatic hydroxyl groups excluding tert-OH is 2. The molecular weight excluding hydrogens is 627 g/mol. The van der Waals surface area contributed by atoms with Crippen molar-refractivity contribution in [2.24, 2.45) is 0 Å². The van der Waals surface area contributed by atoms with E-state index in [4.69, 9.17) is 25.2 Å². The smallest absolute Gasteiger partial charge is 0.387 e. The third kappa shape index (κ3) is 11.5. The van der Waals surface area contributed by atoms with Crippen LogP contribution >= 0.6 is 35.2 Å². The zero-order chi connectivity index (χ0) is 24.8. The van der Waals surface area contributed by atoms with Crippen molar-refractivity contribution in [1.82, 2.24) is 19.5 Å². The Morgan fingerprint density at radius 3 is 2.16 bits per heavy atom. The first-order valence-electron chi connectivity index (χ1n) is 8.46. The fourth-order valence-corrected chi connectivity index (χ4v) is 6.16. The predicted molar refractivity (Wildman–Crippen MR) is 107 cm³/mol. The van der Waals surface area contributed by atoms with E-state index in [1.807, 2.05) is 0 Å². The first-order valence-corrected chi connectivity index (χ1v) is 14.2. The number of rotatable bonds is 9. The summed E-state index contributed by atoms with van der Waals surface area (Å²) >= 11 is 1.18. The van der Waals surface area contributed by atoms with Crippen molar-refractivity contribution < 1.29 is 180 Å². The average Bonchev–Trinajstić information content (AvgIpc) is 3.19. The zero-order valence-corrected chi connectivity index (χ0v) is 31.8. The van der Waals surface area contributed by atoms with Gasteiger partial charge in [0, 0.05) is 0 Å². The molecule has 2 aromatic heterocycles. The van der Waals surface area contributed by atoms with Crippen molar-refractivity contribution in [1.29, 1.82) is 0 Å². The van der Waals surface area contributed by atoms with Gasteiger partial charge in [-0.2, -0.15) is 8.62 Å². The van der Waals surface area contributed by atoms with Crippen molar-refractivity contribution in [3.63, 3.8) is 0 Å². The Kier molecular flexibility index (Phi) is 19.1. The van der Waals surface area contributed by atoms with Gasteiger partial charge in [-0.25, -0.2) is 28.6 Å². The van der Waals surface area contributed by atoms with Crippen LogP contribution in [0.2, 0.25) is 0 Å². The van der Waals surface area contributed by atoms with Gasteiger partial charge in [0.05, 0.1) is 12.9 Å². The fraction of sp³-hybridized carbons (Fsp3) is 0.545. The molecule has 0 saturated carbocycles. The molecule has 2 aromatic rings. The van der Waals surface area contributed by atoms with Gasteiger partial charge in [0.1, 0.15) is 23.8 Å². The molecule has 1 saturated heterocycles. The van der Waals surface area contributed by atoms with Crippen LogP contribution in [0.3, 0.4) is 0 Å². The topological polar surface area (TPSA) is 279 Å². The average molecular weight is 645 g/mol. The minimum Gasteiger partial charge on any atom is -0.387 e.